The van der Waals surface area contributed by atoms with Crippen molar-refractivity contribution in [3.63, 3.8) is 0 Å². The first-order chi connectivity index (χ1) is 15.3. The largest absolute Gasteiger partial charge is 0.350 e. The summed E-state index contributed by atoms with van der Waals surface area (Å²) < 4.78 is 0. The Morgan fingerprint density at radius 1 is 0.812 bits per heavy atom. The highest BCUT2D eigenvalue weighted by atomic mass is 15.4. The second-order valence-electron chi connectivity index (χ2n) is 9.36. The van der Waals surface area contributed by atoms with E-state index in [-0.39, 0.29) is 24.2 Å². The average molecular weight is 441 g/mol. The lowest BCUT2D eigenvalue weighted by Crippen LogP contribution is -2.54. The van der Waals surface area contributed by atoms with Crippen molar-refractivity contribution in [2.24, 2.45) is 22.9 Å². The van der Waals surface area contributed by atoms with Crippen LogP contribution in [0.25, 0.3) is 0 Å². The summed E-state index contributed by atoms with van der Waals surface area (Å²) in [5.74, 6) is 1.68. The van der Waals surface area contributed by atoms with Crippen LogP contribution < -0.4 is 38.1 Å². The van der Waals surface area contributed by atoms with Gasteiger partial charge in [-0.1, -0.05) is 23.8 Å². The molecule has 2 saturated heterocycles. The van der Waals surface area contributed by atoms with Gasteiger partial charge in [0.2, 0.25) is 17.8 Å². The fourth-order valence-corrected chi connectivity index (χ4v) is 4.56. The molecule has 1 aromatic heterocycles. The van der Waals surface area contributed by atoms with Crippen LogP contribution in [0, 0.1) is 13.8 Å². The summed E-state index contributed by atoms with van der Waals surface area (Å²) in [4.78, 5) is 18.3. The van der Waals surface area contributed by atoms with Crippen LogP contribution in [0.5, 0.6) is 0 Å². The minimum absolute atomic E-state index is 0.0119. The van der Waals surface area contributed by atoms with Crippen LogP contribution in [-0.4, -0.2) is 65.3 Å². The van der Waals surface area contributed by atoms with Crippen molar-refractivity contribution in [2.75, 3.05) is 41.3 Å². The van der Waals surface area contributed by atoms with Gasteiger partial charge in [0.1, 0.15) is 0 Å². The zero-order valence-corrected chi connectivity index (χ0v) is 19.0. The quantitative estimate of drug-likeness (QED) is 0.422. The van der Waals surface area contributed by atoms with Crippen molar-refractivity contribution in [3.05, 3.63) is 34.9 Å². The van der Waals surface area contributed by atoms with Crippen LogP contribution in [0.3, 0.4) is 0 Å². The van der Waals surface area contributed by atoms with Crippen molar-refractivity contribution in [1.29, 1.82) is 0 Å². The number of nitrogens with zero attached hydrogens (tertiary/aromatic N) is 5. The lowest BCUT2D eigenvalue weighted by atomic mass is 10.0. The van der Waals surface area contributed by atoms with Crippen molar-refractivity contribution in [1.82, 2.24) is 15.0 Å². The number of hydrogen-bond donors (Lipinski definition) is 5. The monoisotopic (exact) mass is 440 g/mol. The smallest absolute Gasteiger partial charge is 0.232 e. The molecule has 0 saturated carbocycles. The Kier molecular flexibility index (Phi) is 6.75. The Morgan fingerprint density at radius 3 is 1.81 bits per heavy atom. The number of nitrogens with one attached hydrogen (secondary N) is 1. The molecule has 1 aromatic carbocycles. The number of piperidine rings is 2. The summed E-state index contributed by atoms with van der Waals surface area (Å²) in [6, 6.07) is 6.37. The molecule has 9 N–H and O–H groups in total. The number of benzene rings is 1. The molecular formula is C22H36N10. The first-order valence-corrected chi connectivity index (χ1v) is 11.3. The normalized spacial score (nSPS) is 26.3. The van der Waals surface area contributed by atoms with Crippen molar-refractivity contribution < 1.29 is 0 Å². The standard InChI is InChI=1S/C22H36N10/c1-13-3-4-14(2)15(5-13)8-27-20-28-21(31-9-16(23)6-17(24)10-31)30-22(29-20)32-11-18(25)7-19(26)12-32/h3-5,16-19H,6-12,23-26H2,1-2H3,(H,27,28,29,30). The number of aromatic nitrogens is 3. The zero-order valence-electron chi connectivity index (χ0n) is 19.0. The molecule has 4 rings (SSSR count). The summed E-state index contributed by atoms with van der Waals surface area (Å²) in [6.07, 6.45) is 1.59. The second kappa shape index (κ2) is 9.53. The minimum atomic E-state index is -0.0119. The fraction of sp³-hybridized carbons (Fsp3) is 0.591. The number of nitrogens with two attached hydrogens (primary N) is 4. The molecule has 0 aliphatic carbocycles. The molecule has 32 heavy (non-hydrogen) atoms. The molecule has 0 spiro atoms. The van der Waals surface area contributed by atoms with Gasteiger partial charge in [-0.15, -0.1) is 0 Å². The third kappa shape index (κ3) is 5.44. The highest BCUT2D eigenvalue weighted by molar-refractivity contribution is 5.47. The van der Waals surface area contributed by atoms with E-state index in [1.807, 2.05) is 0 Å². The third-order valence-corrected chi connectivity index (χ3v) is 6.15. The minimum Gasteiger partial charge on any atom is -0.350 e. The average Bonchev–Trinajstić information content (AvgIpc) is 2.73. The van der Waals surface area contributed by atoms with Crippen molar-refractivity contribution >= 4 is 17.8 Å². The van der Waals surface area contributed by atoms with E-state index < -0.39 is 0 Å². The van der Waals surface area contributed by atoms with E-state index in [1.54, 1.807) is 0 Å². The Hall–Kier alpha value is -2.53. The number of hydrogen-bond acceptors (Lipinski definition) is 10. The Balaban J connectivity index is 1.63. The van der Waals surface area contributed by atoms with Gasteiger partial charge in [-0.3, -0.25) is 0 Å². The van der Waals surface area contributed by atoms with Gasteiger partial charge in [0.05, 0.1) is 0 Å². The van der Waals surface area contributed by atoms with Gasteiger partial charge in [0, 0.05) is 56.9 Å². The van der Waals surface area contributed by atoms with Crippen LogP contribution in [0.4, 0.5) is 17.8 Å². The van der Waals surface area contributed by atoms with Gasteiger partial charge in [-0.05, 0) is 37.8 Å². The van der Waals surface area contributed by atoms with E-state index in [0.29, 0.717) is 50.6 Å². The number of rotatable bonds is 5. The van der Waals surface area contributed by atoms with Gasteiger partial charge in [-0.25, -0.2) is 0 Å². The van der Waals surface area contributed by atoms with E-state index in [4.69, 9.17) is 37.9 Å². The summed E-state index contributed by atoms with van der Waals surface area (Å²) in [5, 5.41) is 3.39. The van der Waals surface area contributed by atoms with Crippen LogP contribution in [-0.2, 0) is 6.54 Å². The number of aryl methyl sites for hydroxylation is 2. The summed E-state index contributed by atoms with van der Waals surface area (Å²) in [5.41, 5.74) is 28.5. The highest BCUT2D eigenvalue weighted by Gasteiger charge is 2.28. The van der Waals surface area contributed by atoms with Crippen molar-refractivity contribution in [2.45, 2.75) is 57.4 Å². The third-order valence-electron chi connectivity index (χ3n) is 6.15. The van der Waals surface area contributed by atoms with Gasteiger partial charge in [0.15, 0.2) is 0 Å². The van der Waals surface area contributed by atoms with E-state index in [2.05, 4.69) is 47.2 Å². The highest BCUT2D eigenvalue weighted by Crippen LogP contribution is 2.22. The van der Waals surface area contributed by atoms with Gasteiger partial charge in [0.25, 0.3) is 0 Å². The van der Waals surface area contributed by atoms with Gasteiger partial charge < -0.3 is 38.1 Å². The van der Waals surface area contributed by atoms with Gasteiger partial charge >= 0.3 is 0 Å². The molecule has 4 unspecified atom stereocenters. The van der Waals surface area contributed by atoms with E-state index >= 15 is 0 Å². The molecule has 2 aliphatic rings. The maximum absolute atomic E-state index is 6.22. The summed E-state index contributed by atoms with van der Waals surface area (Å²) in [6.45, 7) is 7.45. The SMILES string of the molecule is Cc1ccc(C)c(CNc2nc(N3CC(N)CC(N)C3)nc(N3CC(N)CC(N)C3)n2)c1. The molecule has 0 radical (unpaired) electrons. The van der Waals surface area contributed by atoms with Crippen molar-refractivity contribution in [3.8, 4) is 0 Å². The van der Waals surface area contributed by atoms with Crippen LogP contribution in [0.15, 0.2) is 18.2 Å². The summed E-state index contributed by atoms with van der Waals surface area (Å²) >= 11 is 0. The molecule has 2 fully saturated rings. The molecule has 10 heteroatoms. The Morgan fingerprint density at radius 2 is 1.31 bits per heavy atom. The predicted molar refractivity (Wildman–Crippen MR) is 129 cm³/mol. The second-order valence-corrected chi connectivity index (χ2v) is 9.36. The maximum Gasteiger partial charge on any atom is 0.232 e. The fourth-order valence-electron chi connectivity index (χ4n) is 4.56. The first-order valence-electron chi connectivity index (χ1n) is 11.3. The molecule has 3 heterocycles. The molecule has 2 aromatic rings. The number of anilines is 3. The lowest BCUT2D eigenvalue weighted by molar-refractivity contribution is 0.441. The Bertz CT molecular complexity index is 871. The van der Waals surface area contributed by atoms with Gasteiger partial charge in [-0.2, -0.15) is 15.0 Å². The molecule has 0 bridgehead atoms. The molecular weight excluding hydrogens is 404 g/mol. The van der Waals surface area contributed by atoms with Crippen LogP contribution >= 0.6 is 0 Å². The van der Waals surface area contributed by atoms with Crippen LogP contribution in [0.1, 0.15) is 29.5 Å². The predicted octanol–water partition coefficient (Wildman–Crippen LogP) is -0.170. The Labute approximate surface area is 189 Å². The van der Waals surface area contributed by atoms with E-state index in [9.17, 15) is 0 Å². The molecule has 0 amide bonds. The molecule has 4 atom stereocenters. The maximum atomic E-state index is 6.22. The summed E-state index contributed by atoms with van der Waals surface area (Å²) in [7, 11) is 0. The zero-order chi connectivity index (χ0) is 22.8. The van der Waals surface area contributed by atoms with E-state index in [1.165, 1.54) is 16.7 Å². The molecule has 174 valence electrons. The lowest BCUT2D eigenvalue weighted by Gasteiger charge is -2.37. The van der Waals surface area contributed by atoms with E-state index in [0.717, 1.165) is 12.8 Å². The molecule has 2 aliphatic heterocycles. The first kappa shape index (κ1) is 22.7. The topological polar surface area (TPSA) is 161 Å². The van der Waals surface area contributed by atoms with Crippen LogP contribution in [0.2, 0.25) is 0 Å². The molecule has 10 nitrogen and oxygen atoms in total.